The van der Waals surface area contributed by atoms with Gasteiger partial charge in [-0.2, -0.15) is 9.40 Å². The van der Waals surface area contributed by atoms with Gasteiger partial charge in [-0.1, -0.05) is 11.6 Å². The SMILES string of the molecule is CCn1cc(CN2CCN(S(=O)(=O)c3ccc(Cl)s3)CC2)c(C)n1. The lowest BCUT2D eigenvalue weighted by atomic mass is 10.2. The Morgan fingerprint density at radius 2 is 1.96 bits per heavy atom. The first kappa shape index (κ1) is 17.9. The first-order valence-electron chi connectivity index (χ1n) is 7.91. The number of aromatic nitrogens is 2. The molecule has 1 aliphatic rings. The molecule has 1 aliphatic heterocycles. The predicted octanol–water partition coefficient (Wildman–Crippen LogP) is 2.43. The van der Waals surface area contributed by atoms with E-state index in [1.165, 1.54) is 5.56 Å². The maximum atomic E-state index is 12.6. The Labute approximate surface area is 151 Å². The highest BCUT2D eigenvalue weighted by Gasteiger charge is 2.29. The molecule has 0 aromatic carbocycles. The van der Waals surface area contributed by atoms with Crippen LogP contribution in [0.3, 0.4) is 0 Å². The van der Waals surface area contributed by atoms with Gasteiger partial charge in [-0.15, -0.1) is 11.3 Å². The van der Waals surface area contributed by atoms with Gasteiger partial charge in [-0.05, 0) is 26.0 Å². The zero-order valence-corrected chi connectivity index (χ0v) is 16.2. The van der Waals surface area contributed by atoms with Crippen molar-refractivity contribution in [2.24, 2.45) is 0 Å². The summed E-state index contributed by atoms with van der Waals surface area (Å²) in [6.07, 6.45) is 2.08. The van der Waals surface area contributed by atoms with Crippen LogP contribution in [0.4, 0.5) is 0 Å². The first-order valence-corrected chi connectivity index (χ1v) is 10.5. The number of rotatable bonds is 5. The first-order chi connectivity index (χ1) is 11.4. The van der Waals surface area contributed by atoms with Gasteiger partial charge in [0.25, 0.3) is 10.0 Å². The molecular weight excluding hydrogens is 368 g/mol. The summed E-state index contributed by atoms with van der Waals surface area (Å²) in [4.78, 5) is 2.28. The van der Waals surface area contributed by atoms with Crippen molar-refractivity contribution in [3.8, 4) is 0 Å². The second kappa shape index (κ2) is 7.13. The molecule has 3 heterocycles. The van der Waals surface area contributed by atoms with Crippen LogP contribution < -0.4 is 0 Å². The number of nitrogens with zero attached hydrogens (tertiary/aromatic N) is 4. The number of sulfonamides is 1. The number of hydrogen-bond acceptors (Lipinski definition) is 5. The van der Waals surface area contributed by atoms with Gasteiger partial charge in [0.15, 0.2) is 0 Å². The molecule has 24 heavy (non-hydrogen) atoms. The summed E-state index contributed by atoms with van der Waals surface area (Å²) in [5, 5.41) is 4.46. The molecule has 1 saturated heterocycles. The molecule has 0 atom stereocenters. The molecule has 0 N–H and O–H groups in total. The second-order valence-corrected chi connectivity index (χ2v) is 9.71. The maximum Gasteiger partial charge on any atom is 0.252 e. The van der Waals surface area contributed by atoms with E-state index in [2.05, 4.69) is 23.1 Å². The second-order valence-electron chi connectivity index (χ2n) is 5.83. The van der Waals surface area contributed by atoms with Gasteiger partial charge in [0, 0.05) is 51.0 Å². The summed E-state index contributed by atoms with van der Waals surface area (Å²) in [7, 11) is -3.42. The van der Waals surface area contributed by atoms with E-state index >= 15 is 0 Å². The minimum Gasteiger partial charge on any atom is -0.296 e. The third-order valence-corrected chi connectivity index (χ3v) is 7.84. The summed E-state index contributed by atoms with van der Waals surface area (Å²) >= 11 is 6.98. The van der Waals surface area contributed by atoms with Crippen molar-refractivity contribution in [3.63, 3.8) is 0 Å². The summed E-state index contributed by atoms with van der Waals surface area (Å²) < 4.78 is 29.5. The fourth-order valence-corrected chi connectivity index (χ4v) is 5.87. The van der Waals surface area contributed by atoms with Crippen LogP contribution in [0.2, 0.25) is 4.34 Å². The van der Waals surface area contributed by atoms with Crippen LogP contribution >= 0.6 is 22.9 Å². The van der Waals surface area contributed by atoms with Crippen molar-refractivity contribution in [3.05, 3.63) is 33.9 Å². The van der Waals surface area contributed by atoms with E-state index in [-0.39, 0.29) is 0 Å². The minimum absolute atomic E-state index is 0.320. The predicted molar refractivity (Wildman–Crippen MR) is 96.0 cm³/mol. The van der Waals surface area contributed by atoms with Crippen LogP contribution in [0.25, 0.3) is 0 Å². The van der Waals surface area contributed by atoms with Crippen molar-refractivity contribution in [2.75, 3.05) is 26.2 Å². The number of piperazine rings is 1. The molecule has 0 aliphatic carbocycles. The van der Waals surface area contributed by atoms with E-state index in [0.717, 1.165) is 43.2 Å². The highest BCUT2D eigenvalue weighted by Crippen LogP contribution is 2.28. The van der Waals surface area contributed by atoms with Crippen molar-refractivity contribution in [1.82, 2.24) is 19.0 Å². The van der Waals surface area contributed by atoms with Crippen molar-refractivity contribution in [2.45, 2.75) is 31.1 Å². The monoisotopic (exact) mass is 388 g/mol. The third kappa shape index (κ3) is 3.67. The number of aryl methyl sites for hydroxylation is 2. The van der Waals surface area contributed by atoms with Gasteiger partial charge in [0.1, 0.15) is 4.21 Å². The highest BCUT2D eigenvalue weighted by atomic mass is 35.5. The summed E-state index contributed by atoms with van der Waals surface area (Å²) in [5.41, 5.74) is 2.25. The smallest absolute Gasteiger partial charge is 0.252 e. The van der Waals surface area contributed by atoms with Crippen molar-refractivity contribution >= 4 is 33.0 Å². The Balaban J connectivity index is 1.62. The lowest BCUT2D eigenvalue weighted by Gasteiger charge is -2.33. The average molecular weight is 389 g/mol. The molecule has 0 spiro atoms. The zero-order chi connectivity index (χ0) is 17.3. The molecule has 9 heteroatoms. The van der Waals surface area contributed by atoms with Crippen LogP contribution in [0, 0.1) is 6.92 Å². The highest BCUT2D eigenvalue weighted by molar-refractivity contribution is 7.91. The molecule has 0 bridgehead atoms. The summed E-state index contributed by atoms with van der Waals surface area (Å²) in [6.45, 7) is 8.18. The largest absolute Gasteiger partial charge is 0.296 e. The van der Waals surface area contributed by atoms with E-state index in [0.29, 0.717) is 21.6 Å². The van der Waals surface area contributed by atoms with Crippen LogP contribution in [0.5, 0.6) is 0 Å². The van der Waals surface area contributed by atoms with Gasteiger partial charge in [0.05, 0.1) is 10.0 Å². The lowest BCUT2D eigenvalue weighted by molar-refractivity contribution is 0.181. The molecule has 2 aromatic heterocycles. The molecule has 2 aromatic rings. The minimum atomic E-state index is -3.42. The van der Waals surface area contributed by atoms with E-state index in [9.17, 15) is 8.42 Å². The van der Waals surface area contributed by atoms with E-state index < -0.39 is 10.0 Å². The standard InChI is InChI=1S/C15H21ClN4O2S2/c1-3-19-11-13(12(2)17-19)10-18-6-8-20(9-7-18)24(21,22)15-5-4-14(16)23-15/h4-5,11H,3,6-10H2,1-2H3. The van der Waals surface area contributed by atoms with Crippen LogP contribution in [0.1, 0.15) is 18.2 Å². The van der Waals surface area contributed by atoms with E-state index in [1.807, 2.05) is 11.6 Å². The number of thiophene rings is 1. The summed E-state index contributed by atoms with van der Waals surface area (Å²) in [5.74, 6) is 0. The van der Waals surface area contributed by atoms with Crippen molar-refractivity contribution < 1.29 is 8.42 Å². The molecule has 1 fully saturated rings. The van der Waals surface area contributed by atoms with Crippen molar-refractivity contribution in [1.29, 1.82) is 0 Å². The third-order valence-electron chi connectivity index (χ3n) is 4.24. The normalized spacial score (nSPS) is 17.5. The van der Waals surface area contributed by atoms with Gasteiger partial charge in [0.2, 0.25) is 0 Å². The molecule has 0 radical (unpaired) electrons. The summed E-state index contributed by atoms with van der Waals surface area (Å²) in [6, 6.07) is 3.21. The Kier molecular flexibility index (Phi) is 5.31. The van der Waals surface area contributed by atoms with Crippen LogP contribution in [-0.4, -0.2) is 53.6 Å². The molecule has 0 amide bonds. The Morgan fingerprint density at radius 3 is 2.50 bits per heavy atom. The van der Waals surface area contributed by atoms with Gasteiger partial charge in [-0.25, -0.2) is 8.42 Å². The van der Waals surface area contributed by atoms with E-state index in [4.69, 9.17) is 11.6 Å². The fraction of sp³-hybridized carbons (Fsp3) is 0.533. The van der Waals surface area contributed by atoms with E-state index in [1.54, 1.807) is 16.4 Å². The maximum absolute atomic E-state index is 12.6. The lowest BCUT2D eigenvalue weighted by Crippen LogP contribution is -2.48. The molecular formula is C15H21ClN4O2S2. The number of halogens is 1. The van der Waals surface area contributed by atoms with Gasteiger partial charge < -0.3 is 0 Å². The molecule has 0 unspecified atom stereocenters. The average Bonchev–Trinajstić information content (AvgIpc) is 3.15. The molecule has 132 valence electrons. The Morgan fingerprint density at radius 1 is 1.25 bits per heavy atom. The molecule has 6 nitrogen and oxygen atoms in total. The Bertz CT molecular complexity index is 807. The van der Waals surface area contributed by atoms with Gasteiger partial charge >= 0.3 is 0 Å². The number of hydrogen-bond donors (Lipinski definition) is 0. The Hall–Kier alpha value is -0.930. The topological polar surface area (TPSA) is 58.4 Å². The molecule has 3 rings (SSSR count). The fourth-order valence-electron chi connectivity index (χ4n) is 2.81. The van der Waals surface area contributed by atoms with Gasteiger partial charge in [-0.3, -0.25) is 9.58 Å². The van der Waals surface area contributed by atoms with Crippen LogP contribution in [0.15, 0.2) is 22.5 Å². The molecule has 0 saturated carbocycles. The van der Waals surface area contributed by atoms with Crippen LogP contribution in [-0.2, 0) is 23.1 Å². The zero-order valence-electron chi connectivity index (χ0n) is 13.8. The quantitative estimate of drug-likeness (QED) is 0.789.